The quantitative estimate of drug-likeness (QED) is 0.101. The molecule has 2 atom stereocenters. The van der Waals surface area contributed by atoms with Crippen LogP contribution in [-0.4, -0.2) is 4.99 Å². The van der Waals surface area contributed by atoms with Crippen molar-refractivity contribution in [3.05, 3.63) is 152 Å². The van der Waals surface area contributed by atoms with Crippen LogP contribution in [0.1, 0.15) is 157 Å². The number of rotatable bonds is 7. The molecule has 0 fully saturated rings. The second-order valence-corrected chi connectivity index (χ2v) is 25.9. The summed E-state index contributed by atoms with van der Waals surface area (Å²) in [6, 6.07) is 36.6. The van der Waals surface area contributed by atoms with Gasteiger partial charge in [-0.15, -0.1) is 11.8 Å². The van der Waals surface area contributed by atoms with Crippen molar-refractivity contribution in [1.29, 1.82) is 0 Å². The molecule has 2 N–H and O–H groups in total. The standard InChI is InChI=1S/C55H70NPS/c1-35-25-36(2)27-46(26-35)58-48(28-39-19-15-17-37-21-23-55(49(37)39)24-22-38-18-16-20-47(56)50(38)55)57(44-31-40(51(3,4)5)29-41(32-44)52(6,7)8)45-33-42(53(9,10)11)30-43(34-45)54(12,13)14/h15-20,25-27,29-34,48H,21-24,28,56H2,1-14H3/t48?,55-/m1/s1. The first-order chi connectivity index (χ1) is 26.9. The largest absolute Gasteiger partial charge is 0.398 e. The van der Waals surface area contributed by atoms with Gasteiger partial charge >= 0.3 is 0 Å². The van der Waals surface area contributed by atoms with Crippen LogP contribution in [0.2, 0.25) is 0 Å². The van der Waals surface area contributed by atoms with Crippen LogP contribution in [0, 0.1) is 13.8 Å². The van der Waals surface area contributed by atoms with E-state index in [0.717, 1.165) is 37.8 Å². The number of hydrogen-bond donors (Lipinski definition) is 1. The van der Waals surface area contributed by atoms with Crippen molar-refractivity contribution in [2.45, 2.75) is 166 Å². The minimum Gasteiger partial charge on any atom is -0.398 e. The Kier molecular flexibility index (Phi) is 11.3. The molecule has 58 heavy (non-hydrogen) atoms. The van der Waals surface area contributed by atoms with Crippen LogP contribution >= 0.6 is 19.7 Å². The van der Waals surface area contributed by atoms with E-state index in [0.29, 0.717) is 0 Å². The molecule has 0 bridgehead atoms. The zero-order valence-electron chi connectivity index (χ0n) is 38.2. The van der Waals surface area contributed by atoms with Crippen molar-refractivity contribution in [3.63, 3.8) is 0 Å². The lowest BCUT2D eigenvalue weighted by atomic mass is 9.74. The lowest BCUT2D eigenvalue weighted by molar-refractivity contribution is 0.505. The third kappa shape index (κ3) is 8.50. The van der Waals surface area contributed by atoms with Gasteiger partial charge in [0.15, 0.2) is 0 Å². The Morgan fingerprint density at radius 2 is 1.00 bits per heavy atom. The third-order valence-electron chi connectivity index (χ3n) is 13.0. The lowest BCUT2D eigenvalue weighted by Crippen LogP contribution is -2.29. The fourth-order valence-corrected chi connectivity index (χ4v) is 14.8. The van der Waals surface area contributed by atoms with Crippen LogP contribution in [0.3, 0.4) is 0 Å². The first-order valence-corrected chi connectivity index (χ1v) is 24.1. The maximum absolute atomic E-state index is 6.96. The molecule has 0 heterocycles. The zero-order valence-corrected chi connectivity index (χ0v) is 39.9. The van der Waals surface area contributed by atoms with Gasteiger partial charge in [-0.3, -0.25) is 0 Å². The van der Waals surface area contributed by atoms with E-state index in [9.17, 15) is 0 Å². The Morgan fingerprint density at radius 1 is 0.569 bits per heavy atom. The molecule has 5 aromatic carbocycles. The van der Waals surface area contributed by atoms with Gasteiger partial charge in [0.25, 0.3) is 0 Å². The van der Waals surface area contributed by atoms with Gasteiger partial charge in [-0.1, -0.05) is 156 Å². The molecule has 1 nitrogen and oxygen atoms in total. The van der Waals surface area contributed by atoms with Crippen molar-refractivity contribution < 1.29 is 0 Å². The maximum Gasteiger partial charge on any atom is 0.0416 e. The van der Waals surface area contributed by atoms with Crippen molar-refractivity contribution in [3.8, 4) is 0 Å². The summed E-state index contributed by atoms with van der Waals surface area (Å²) in [7, 11) is -0.885. The van der Waals surface area contributed by atoms with E-state index >= 15 is 0 Å². The Labute approximate surface area is 358 Å². The van der Waals surface area contributed by atoms with Crippen molar-refractivity contribution in [2.75, 3.05) is 5.73 Å². The summed E-state index contributed by atoms with van der Waals surface area (Å²) in [5, 5.41) is 3.00. The molecular weight excluding hydrogens is 738 g/mol. The molecule has 1 spiro atoms. The SMILES string of the molecule is Cc1cc(C)cc(SC(Cc2cccc3c2[C@]2(CCc4cccc(N)c42)CC3)P(c2cc(C(C)(C)C)cc(C(C)(C)C)c2)c2cc(C(C)(C)C)cc(C(C)(C)C)c2)c1. The summed E-state index contributed by atoms with van der Waals surface area (Å²) >= 11 is 2.13. The maximum atomic E-state index is 6.96. The highest BCUT2D eigenvalue weighted by Gasteiger charge is 2.47. The predicted molar refractivity (Wildman–Crippen MR) is 258 cm³/mol. The smallest absolute Gasteiger partial charge is 0.0416 e. The monoisotopic (exact) mass is 807 g/mol. The number of fused-ring (bicyclic) bond motifs is 4. The summed E-state index contributed by atoms with van der Waals surface area (Å²) in [6.07, 6.45) is 5.51. The zero-order chi connectivity index (χ0) is 42.2. The average Bonchev–Trinajstić information content (AvgIpc) is 3.68. The molecule has 0 aromatic heterocycles. The summed E-state index contributed by atoms with van der Waals surface area (Å²) in [4.78, 5) is 1.65. The van der Waals surface area contributed by atoms with Crippen molar-refractivity contribution in [2.24, 2.45) is 0 Å². The summed E-state index contributed by atoms with van der Waals surface area (Å²) in [6.45, 7) is 33.2. The van der Waals surface area contributed by atoms with E-state index in [1.54, 1.807) is 5.56 Å². The van der Waals surface area contributed by atoms with Gasteiger partial charge in [0, 0.05) is 21.0 Å². The van der Waals surface area contributed by atoms with Gasteiger partial charge in [-0.05, 0) is 166 Å². The van der Waals surface area contributed by atoms with Gasteiger partial charge in [-0.2, -0.15) is 0 Å². The number of anilines is 1. The van der Waals surface area contributed by atoms with E-state index < -0.39 is 7.92 Å². The van der Waals surface area contributed by atoms with Gasteiger partial charge in [0.1, 0.15) is 0 Å². The van der Waals surface area contributed by atoms with Gasteiger partial charge < -0.3 is 5.73 Å². The minimum absolute atomic E-state index is 0.0123. The highest BCUT2D eigenvalue weighted by molar-refractivity contribution is 8.07. The number of aryl methyl sites for hydroxylation is 4. The molecular formula is C55H70NPS. The summed E-state index contributed by atoms with van der Waals surface area (Å²) in [5.41, 5.74) is 23.9. The average molecular weight is 808 g/mol. The van der Waals surface area contributed by atoms with E-state index in [4.69, 9.17) is 5.73 Å². The van der Waals surface area contributed by atoms with Gasteiger partial charge in [-0.25, -0.2) is 0 Å². The van der Waals surface area contributed by atoms with Gasteiger partial charge in [0.2, 0.25) is 0 Å². The normalized spacial score (nSPS) is 17.6. The first-order valence-electron chi connectivity index (χ1n) is 21.8. The highest BCUT2D eigenvalue weighted by Crippen LogP contribution is 2.57. The van der Waals surface area contributed by atoms with Crippen molar-refractivity contribution in [1.82, 2.24) is 0 Å². The molecule has 306 valence electrons. The molecule has 0 saturated carbocycles. The van der Waals surface area contributed by atoms with E-state index in [2.05, 4.69) is 200 Å². The third-order valence-corrected chi connectivity index (χ3v) is 17.3. The Morgan fingerprint density at radius 3 is 1.45 bits per heavy atom. The molecule has 7 rings (SSSR count). The predicted octanol–water partition coefficient (Wildman–Crippen LogP) is 14.0. The van der Waals surface area contributed by atoms with Gasteiger partial charge in [0.05, 0.1) is 0 Å². The molecule has 0 radical (unpaired) electrons. The van der Waals surface area contributed by atoms with E-state index in [1.807, 2.05) is 0 Å². The van der Waals surface area contributed by atoms with E-state index in [1.165, 1.54) is 71.1 Å². The second-order valence-electron chi connectivity index (χ2n) is 21.9. The molecule has 0 aliphatic heterocycles. The van der Waals surface area contributed by atoms with Crippen LogP contribution in [0.5, 0.6) is 0 Å². The molecule has 3 heteroatoms. The Bertz CT molecular complexity index is 2170. The Hall–Kier alpha value is -3.32. The first kappa shape index (κ1) is 42.8. The fraction of sp³-hybridized carbons (Fsp3) is 0.455. The lowest BCUT2D eigenvalue weighted by Gasteiger charge is -2.36. The van der Waals surface area contributed by atoms with E-state index in [-0.39, 0.29) is 32.1 Å². The van der Waals surface area contributed by atoms with Crippen LogP contribution in [0.25, 0.3) is 0 Å². The molecule has 1 unspecified atom stereocenters. The molecule has 5 aromatic rings. The molecule has 2 aliphatic carbocycles. The summed E-state index contributed by atoms with van der Waals surface area (Å²) < 4.78 is 0. The van der Waals surface area contributed by atoms with Crippen molar-refractivity contribution >= 4 is 36.0 Å². The number of benzene rings is 5. The van der Waals surface area contributed by atoms with Crippen LogP contribution in [-0.2, 0) is 46.3 Å². The van der Waals surface area contributed by atoms with Crippen LogP contribution in [0.4, 0.5) is 5.69 Å². The number of nitrogen functional groups attached to an aromatic ring is 1. The second kappa shape index (κ2) is 15.3. The Balaban J connectivity index is 1.53. The number of hydrogen-bond acceptors (Lipinski definition) is 2. The number of thioether (sulfide) groups is 1. The topological polar surface area (TPSA) is 26.0 Å². The minimum atomic E-state index is -0.885. The van der Waals surface area contributed by atoms with Crippen LogP contribution in [0.15, 0.2) is 95.9 Å². The molecule has 0 amide bonds. The summed E-state index contributed by atoms with van der Waals surface area (Å²) in [5.74, 6) is 0. The molecule has 2 aliphatic rings. The van der Waals surface area contributed by atoms with Crippen LogP contribution < -0.4 is 16.3 Å². The highest BCUT2D eigenvalue weighted by atomic mass is 32.2. The molecule has 0 saturated heterocycles. The fourth-order valence-electron chi connectivity index (χ4n) is 9.75. The number of nitrogens with two attached hydrogens (primary N) is 1.